The van der Waals surface area contributed by atoms with Crippen LogP contribution in [-0.2, 0) is 9.63 Å². The molecule has 0 atom stereocenters. The second kappa shape index (κ2) is 4.80. The van der Waals surface area contributed by atoms with Crippen molar-refractivity contribution in [3.05, 3.63) is 40.4 Å². The summed E-state index contributed by atoms with van der Waals surface area (Å²) >= 11 is 0. The van der Waals surface area contributed by atoms with Gasteiger partial charge in [-0.3, -0.25) is 4.79 Å². The van der Waals surface area contributed by atoms with Gasteiger partial charge in [0, 0.05) is 0 Å². The maximum atomic E-state index is 10.6. The van der Waals surface area contributed by atoms with E-state index in [0.29, 0.717) is 5.75 Å². The number of ether oxygens (including phenoxy) is 1. The van der Waals surface area contributed by atoms with E-state index >= 15 is 0 Å². The monoisotopic (exact) mass is 197 g/mol. The molecule has 0 aliphatic rings. The Bertz CT molecular complexity index is 324. The summed E-state index contributed by atoms with van der Waals surface area (Å²) in [4.78, 5) is 24.0. The minimum Gasteiger partial charge on any atom is -0.484 e. The van der Waals surface area contributed by atoms with Crippen molar-refractivity contribution >= 4 is 5.97 Å². The van der Waals surface area contributed by atoms with Crippen LogP contribution in [0, 0.1) is 10.1 Å². The van der Waals surface area contributed by atoms with E-state index in [1.807, 2.05) is 0 Å². The van der Waals surface area contributed by atoms with Gasteiger partial charge < -0.3 is 4.74 Å². The van der Waals surface area contributed by atoms with E-state index in [-0.39, 0.29) is 0 Å². The summed E-state index contributed by atoms with van der Waals surface area (Å²) in [7, 11) is 0. The highest BCUT2D eigenvalue weighted by Crippen LogP contribution is 2.07. The molecule has 0 radical (unpaired) electrons. The van der Waals surface area contributed by atoms with E-state index in [1.165, 1.54) is 0 Å². The lowest BCUT2D eigenvalue weighted by Gasteiger charge is -2.02. The van der Waals surface area contributed by atoms with Crippen LogP contribution in [-0.4, -0.2) is 17.7 Å². The lowest BCUT2D eigenvalue weighted by atomic mass is 10.3. The Morgan fingerprint density at radius 3 is 2.57 bits per heavy atom. The molecule has 0 unspecified atom stereocenters. The molecule has 0 amide bonds. The van der Waals surface area contributed by atoms with Crippen LogP contribution in [0.25, 0.3) is 0 Å². The summed E-state index contributed by atoms with van der Waals surface area (Å²) in [5, 5.41) is 8.56. The summed E-state index contributed by atoms with van der Waals surface area (Å²) < 4.78 is 4.89. The summed E-state index contributed by atoms with van der Waals surface area (Å²) in [6.45, 7) is -0.481. The van der Waals surface area contributed by atoms with Crippen LogP contribution in [0.3, 0.4) is 0 Å². The van der Waals surface area contributed by atoms with Crippen molar-refractivity contribution in [2.75, 3.05) is 6.61 Å². The predicted molar refractivity (Wildman–Crippen MR) is 45.0 cm³/mol. The molecule has 0 aliphatic carbocycles. The number of carbonyl (C=O) groups is 1. The van der Waals surface area contributed by atoms with E-state index in [0.717, 1.165) is 0 Å². The number of hydrogen-bond acceptors (Lipinski definition) is 5. The second-order valence-electron chi connectivity index (χ2n) is 2.29. The van der Waals surface area contributed by atoms with Crippen LogP contribution in [0.4, 0.5) is 0 Å². The fourth-order valence-corrected chi connectivity index (χ4v) is 0.768. The molecule has 6 heteroatoms. The van der Waals surface area contributed by atoms with Gasteiger partial charge in [0.25, 0.3) is 0 Å². The van der Waals surface area contributed by atoms with E-state index in [9.17, 15) is 14.9 Å². The molecular weight excluding hydrogens is 190 g/mol. The Balaban J connectivity index is 2.34. The molecule has 0 bridgehead atoms. The molecule has 1 aromatic carbocycles. The van der Waals surface area contributed by atoms with Gasteiger partial charge in [0.05, 0.1) is 0 Å². The number of benzene rings is 1. The van der Waals surface area contributed by atoms with E-state index in [2.05, 4.69) is 4.84 Å². The summed E-state index contributed by atoms with van der Waals surface area (Å²) in [6, 6.07) is 8.46. The van der Waals surface area contributed by atoms with Gasteiger partial charge >= 0.3 is 11.1 Å². The lowest BCUT2D eigenvalue weighted by Crippen LogP contribution is -2.17. The van der Waals surface area contributed by atoms with Crippen LogP contribution in [0.5, 0.6) is 5.75 Å². The molecule has 0 aliphatic heterocycles. The standard InChI is InChI=1S/C8H7NO5/c10-8(14-9(11)12)6-13-7-4-2-1-3-5-7/h1-5H,6H2. The van der Waals surface area contributed by atoms with Crippen molar-refractivity contribution in [1.82, 2.24) is 0 Å². The zero-order chi connectivity index (χ0) is 10.4. The van der Waals surface area contributed by atoms with Gasteiger partial charge in [-0.15, -0.1) is 10.1 Å². The number of nitrogens with zero attached hydrogens (tertiary/aromatic N) is 1. The minimum atomic E-state index is -1.17. The molecule has 0 heterocycles. The smallest absolute Gasteiger partial charge is 0.340 e. The fourth-order valence-electron chi connectivity index (χ4n) is 0.768. The summed E-state index contributed by atoms with van der Waals surface area (Å²) in [6.07, 6.45) is 0. The number of para-hydroxylation sites is 1. The molecule has 6 nitrogen and oxygen atoms in total. The summed E-state index contributed by atoms with van der Waals surface area (Å²) in [5.74, 6) is -0.591. The number of carbonyl (C=O) groups excluding carboxylic acids is 1. The van der Waals surface area contributed by atoms with E-state index < -0.39 is 17.7 Å². The predicted octanol–water partition coefficient (Wildman–Crippen LogP) is 0.800. The third-order valence-electron chi connectivity index (χ3n) is 1.28. The van der Waals surface area contributed by atoms with Crippen LogP contribution < -0.4 is 4.74 Å². The first-order valence-corrected chi connectivity index (χ1v) is 3.71. The highest BCUT2D eigenvalue weighted by atomic mass is 17.0. The van der Waals surface area contributed by atoms with Crippen LogP contribution in [0.1, 0.15) is 0 Å². The maximum Gasteiger partial charge on any atom is 0.340 e. The Labute approximate surface area is 79.2 Å². The molecule has 1 aromatic rings. The van der Waals surface area contributed by atoms with Crippen LogP contribution in [0.2, 0.25) is 0 Å². The molecule has 1 rings (SSSR count). The maximum absolute atomic E-state index is 10.6. The van der Waals surface area contributed by atoms with Gasteiger partial charge in [-0.2, -0.15) is 0 Å². The van der Waals surface area contributed by atoms with Crippen molar-refractivity contribution in [2.45, 2.75) is 0 Å². The molecule has 0 saturated carbocycles. The molecular formula is C8H7NO5. The molecule has 0 fully saturated rings. The summed E-state index contributed by atoms with van der Waals surface area (Å²) in [5.41, 5.74) is 0. The molecule has 0 spiro atoms. The topological polar surface area (TPSA) is 78.7 Å². The molecule has 0 aromatic heterocycles. The van der Waals surface area contributed by atoms with Crippen molar-refractivity contribution in [3.8, 4) is 5.75 Å². The average molecular weight is 197 g/mol. The molecule has 74 valence electrons. The quantitative estimate of drug-likeness (QED) is 0.526. The third-order valence-corrected chi connectivity index (χ3v) is 1.28. The second-order valence-corrected chi connectivity index (χ2v) is 2.29. The zero-order valence-electron chi connectivity index (χ0n) is 7.08. The fraction of sp³-hybridized carbons (Fsp3) is 0.125. The third kappa shape index (κ3) is 3.53. The normalized spacial score (nSPS) is 9.14. The highest BCUT2D eigenvalue weighted by molar-refractivity contribution is 5.70. The minimum absolute atomic E-state index is 0.452. The van der Waals surface area contributed by atoms with E-state index in [4.69, 9.17) is 4.74 Å². The zero-order valence-corrected chi connectivity index (χ0v) is 7.08. The Morgan fingerprint density at radius 1 is 1.36 bits per heavy atom. The van der Waals surface area contributed by atoms with Gasteiger partial charge in [0.2, 0.25) is 0 Å². The van der Waals surface area contributed by atoms with Crippen LogP contribution in [0.15, 0.2) is 30.3 Å². The van der Waals surface area contributed by atoms with Crippen molar-refractivity contribution in [3.63, 3.8) is 0 Å². The van der Waals surface area contributed by atoms with Gasteiger partial charge in [0.1, 0.15) is 5.75 Å². The van der Waals surface area contributed by atoms with Crippen molar-refractivity contribution in [2.24, 2.45) is 0 Å². The SMILES string of the molecule is O=C(COc1ccccc1)O[N+](=O)[O-]. The first-order chi connectivity index (χ1) is 6.68. The number of rotatable bonds is 4. The Hall–Kier alpha value is -2.11. The Morgan fingerprint density at radius 2 is 2.00 bits per heavy atom. The highest BCUT2D eigenvalue weighted by Gasteiger charge is 2.07. The van der Waals surface area contributed by atoms with E-state index in [1.54, 1.807) is 30.3 Å². The van der Waals surface area contributed by atoms with Gasteiger partial charge in [-0.1, -0.05) is 18.2 Å². The Kier molecular flexibility index (Phi) is 3.42. The van der Waals surface area contributed by atoms with Crippen LogP contribution >= 0.6 is 0 Å². The largest absolute Gasteiger partial charge is 0.484 e. The average Bonchev–Trinajstić information content (AvgIpc) is 2.15. The first-order valence-electron chi connectivity index (χ1n) is 3.71. The van der Waals surface area contributed by atoms with Gasteiger partial charge in [0.15, 0.2) is 6.61 Å². The number of hydrogen-bond donors (Lipinski definition) is 0. The van der Waals surface area contributed by atoms with Gasteiger partial charge in [-0.05, 0) is 12.1 Å². The molecule has 14 heavy (non-hydrogen) atoms. The van der Waals surface area contributed by atoms with Crippen molar-refractivity contribution < 1.29 is 19.5 Å². The lowest BCUT2D eigenvalue weighted by molar-refractivity contribution is -0.729. The first kappa shape index (κ1) is 9.97. The molecule has 0 N–H and O–H groups in total. The van der Waals surface area contributed by atoms with Crippen molar-refractivity contribution in [1.29, 1.82) is 0 Å². The molecule has 0 saturated heterocycles. The van der Waals surface area contributed by atoms with Gasteiger partial charge in [-0.25, -0.2) is 4.84 Å².